The van der Waals surface area contributed by atoms with Crippen LogP contribution in [0.5, 0.6) is 0 Å². The highest BCUT2D eigenvalue weighted by Crippen LogP contribution is 2.01. The quantitative estimate of drug-likeness (QED) is 0.573. The van der Waals surface area contributed by atoms with Gasteiger partial charge in [-0.1, -0.05) is 13.8 Å². The summed E-state index contributed by atoms with van der Waals surface area (Å²) in [4.78, 5) is 0. The van der Waals surface area contributed by atoms with Crippen LogP contribution in [0.25, 0.3) is 0 Å². The second-order valence-electron chi connectivity index (χ2n) is 5.27. The van der Waals surface area contributed by atoms with Gasteiger partial charge in [-0.05, 0) is 26.7 Å². The van der Waals surface area contributed by atoms with Gasteiger partial charge < -0.3 is 18.9 Å². The predicted octanol–water partition coefficient (Wildman–Crippen LogP) is 2.50. The molecule has 3 atom stereocenters. The Morgan fingerprint density at radius 2 is 1.17 bits per heavy atom. The molecule has 18 heavy (non-hydrogen) atoms. The van der Waals surface area contributed by atoms with Gasteiger partial charge in [-0.15, -0.1) is 0 Å². The van der Waals surface area contributed by atoms with Gasteiger partial charge >= 0.3 is 0 Å². The first-order valence-corrected chi connectivity index (χ1v) is 6.79. The summed E-state index contributed by atoms with van der Waals surface area (Å²) in [6.45, 7) is 12.9. The molecule has 0 aromatic heterocycles. The second-order valence-corrected chi connectivity index (χ2v) is 5.27. The largest absolute Gasteiger partial charge is 0.379 e. The Hall–Kier alpha value is -0.160. The van der Waals surface area contributed by atoms with E-state index in [0.717, 1.165) is 6.61 Å². The predicted molar refractivity (Wildman–Crippen MR) is 73.0 cm³/mol. The van der Waals surface area contributed by atoms with Gasteiger partial charge in [0.05, 0.1) is 38.1 Å². The van der Waals surface area contributed by atoms with Crippen LogP contribution in [0.3, 0.4) is 0 Å². The van der Waals surface area contributed by atoms with Crippen LogP contribution in [-0.2, 0) is 18.9 Å². The van der Waals surface area contributed by atoms with Crippen molar-refractivity contribution >= 4 is 0 Å². The lowest BCUT2D eigenvalue weighted by molar-refractivity contribution is -0.0759. The standard InChI is InChI=1S/C14H30O4/c1-11(2)7-16-8-13(4)18-10-14(5)17-9-12(3)15-6/h11-14H,7-10H2,1-6H3. The lowest BCUT2D eigenvalue weighted by atomic mass is 10.2. The Bertz CT molecular complexity index is 185. The molecule has 0 aromatic rings. The first-order chi connectivity index (χ1) is 8.45. The average Bonchev–Trinajstić information content (AvgIpc) is 2.32. The van der Waals surface area contributed by atoms with E-state index in [4.69, 9.17) is 18.9 Å². The number of hydrogen-bond donors (Lipinski definition) is 0. The van der Waals surface area contributed by atoms with Crippen molar-refractivity contribution < 1.29 is 18.9 Å². The topological polar surface area (TPSA) is 36.9 Å². The van der Waals surface area contributed by atoms with Crippen LogP contribution in [0.15, 0.2) is 0 Å². The van der Waals surface area contributed by atoms with Gasteiger partial charge in [0.2, 0.25) is 0 Å². The molecule has 0 rings (SSSR count). The molecule has 0 aliphatic heterocycles. The molecule has 0 amide bonds. The van der Waals surface area contributed by atoms with Crippen LogP contribution in [0.1, 0.15) is 34.6 Å². The van der Waals surface area contributed by atoms with Crippen LogP contribution in [-0.4, -0.2) is 51.8 Å². The molecule has 0 aromatic carbocycles. The summed E-state index contributed by atoms with van der Waals surface area (Å²) in [5, 5.41) is 0. The van der Waals surface area contributed by atoms with Gasteiger partial charge in [0.25, 0.3) is 0 Å². The molecule has 0 radical (unpaired) electrons. The molecule has 0 aliphatic carbocycles. The Balaban J connectivity index is 3.49. The molecule has 0 bridgehead atoms. The SMILES string of the molecule is COC(C)COC(C)COC(C)COCC(C)C. The third-order valence-corrected chi connectivity index (χ3v) is 2.44. The maximum absolute atomic E-state index is 5.66. The third-order valence-electron chi connectivity index (χ3n) is 2.44. The van der Waals surface area contributed by atoms with E-state index in [0.29, 0.717) is 25.7 Å². The first kappa shape index (κ1) is 17.8. The Labute approximate surface area is 112 Å². The van der Waals surface area contributed by atoms with Gasteiger partial charge in [-0.2, -0.15) is 0 Å². The van der Waals surface area contributed by atoms with E-state index >= 15 is 0 Å². The fourth-order valence-electron chi connectivity index (χ4n) is 1.23. The fraction of sp³-hybridized carbons (Fsp3) is 1.00. The first-order valence-electron chi connectivity index (χ1n) is 6.79. The van der Waals surface area contributed by atoms with Gasteiger partial charge in [0, 0.05) is 13.7 Å². The van der Waals surface area contributed by atoms with Crippen LogP contribution < -0.4 is 0 Å². The summed E-state index contributed by atoms with van der Waals surface area (Å²) >= 11 is 0. The summed E-state index contributed by atoms with van der Waals surface area (Å²) in [6, 6.07) is 0. The van der Waals surface area contributed by atoms with Crippen molar-refractivity contribution in [3.05, 3.63) is 0 Å². The minimum absolute atomic E-state index is 0.0788. The summed E-state index contributed by atoms with van der Waals surface area (Å²) < 4.78 is 21.9. The molecule has 0 fully saturated rings. The minimum Gasteiger partial charge on any atom is -0.379 e. The molecule has 0 spiro atoms. The van der Waals surface area contributed by atoms with Crippen molar-refractivity contribution in [2.24, 2.45) is 5.92 Å². The van der Waals surface area contributed by atoms with Crippen molar-refractivity contribution in [3.8, 4) is 0 Å². The van der Waals surface area contributed by atoms with Crippen molar-refractivity contribution in [1.29, 1.82) is 0 Å². The molecule has 0 saturated heterocycles. The third kappa shape index (κ3) is 11.0. The Morgan fingerprint density at radius 1 is 0.667 bits per heavy atom. The van der Waals surface area contributed by atoms with E-state index in [1.54, 1.807) is 7.11 Å². The molecule has 4 heteroatoms. The van der Waals surface area contributed by atoms with E-state index in [-0.39, 0.29) is 18.3 Å². The van der Waals surface area contributed by atoms with Gasteiger partial charge in [0.15, 0.2) is 0 Å². The molecule has 4 nitrogen and oxygen atoms in total. The zero-order valence-corrected chi connectivity index (χ0v) is 12.8. The lowest BCUT2D eigenvalue weighted by Gasteiger charge is -2.19. The maximum atomic E-state index is 5.66. The number of hydrogen-bond acceptors (Lipinski definition) is 4. The minimum atomic E-state index is 0.0788. The number of ether oxygens (including phenoxy) is 4. The van der Waals surface area contributed by atoms with E-state index in [1.807, 2.05) is 20.8 Å². The number of rotatable bonds is 11. The van der Waals surface area contributed by atoms with Crippen molar-refractivity contribution in [2.45, 2.75) is 52.9 Å². The molecule has 110 valence electrons. The second kappa shape index (κ2) is 10.7. The maximum Gasteiger partial charge on any atom is 0.0781 e. The molecular weight excluding hydrogens is 232 g/mol. The summed E-state index contributed by atoms with van der Waals surface area (Å²) in [7, 11) is 1.68. The molecule has 0 aliphatic rings. The Kier molecular flexibility index (Phi) is 10.6. The summed E-state index contributed by atoms with van der Waals surface area (Å²) in [5.41, 5.74) is 0. The van der Waals surface area contributed by atoms with Gasteiger partial charge in [0.1, 0.15) is 0 Å². The monoisotopic (exact) mass is 262 g/mol. The fourth-order valence-corrected chi connectivity index (χ4v) is 1.23. The number of methoxy groups -OCH3 is 1. The van der Waals surface area contributed by atoms with Crippen LogP contribution in [0, 0.1) is 5.92 Å². The molecule has 3 unspecified atom stereocenters. The highest BCUT2D eigenvalue weighted by atomic mass is 16.6. The molecule has 0 heterocycles. The van der Waals surface area contributed by atoms with Gasteiger partial charge in [-0.3, -0.25) is 0 Å². The van der Waals surface area contributed by atoms with Crippen LogP contribution >= 0.6 is 0 Å². The molecular formula is C14H30O4. The lowest BCUT2D eigenvalue weighted by Crippen LogP contribution is -2.26. The normalized spacial score (nSPS) is 16.8. The Morgan fingerprint density at radius 3 is 1.67 bits per heavy atom. The van der Waals surface area contributed by atoms with E-state index in [9.17, 15) is 0 Å². The highest BCUT2D eigenvalue weighted by molar-refractivity contribution is 4.55. The molecule has 0 N–H and O–H groups in total. The van der Waals surface area contributed by atoms with E-state index in [2.05, 4.69) is 13.8 Å². The zero-order valence-electron chi connectivity index (χ0n) is 12.8. The van der Waals surface area contributed by atoms with E-state index in [1.165, 1.54) is 0 Å². The molecule has 0 saturated carbocycles. The summed E-state index contributed by atoms with van der Waals surface area (Å²) in [5.74, 6) is 0.565. The van der Waals surface area contributed by atoms with Crippen molar-refractivity contribution in [1.82, 2.24) is 0 Å². The van der Waals surface area contributed by atoms with Crippen molar-refractivity contribution in [3.63, 3.8) is 0 Å². The zero-order chi connectivity index (χ0) is 14.0. The van der Waals surface area contributed by atoms with Crippen LogP contribution in [0.2, 0.25) is 0 Å². The van der Waals surface area contributed by atoms with E-state index < -0.39 is 0 Å². The smallest absolute Gasteiger partial charge is 0.0781 e. The van der Waals surface area contributed by atoms with Crippen molar-refractivity contribution in [2.75, 3.05) is 33.5 Å². The highest BCUT2D eigenvalue weighted by Gasteiger charge is 2.09. The summed E-state index contributed by atoms with van der Waals surface area (Å²) in [6.07, 6.45) is 0.309. The van der Waals surface area contributed by atoms with Crippen LogP contribution in [0.4, 0.5) is 0 Å². The van der Waals surface area contributed by atoms with Gasteiger partial charge in [-0.25, -0.2) is 0 Å². The average molecular weight is 262 g/mol.